The highest BCUT2D eigenvalue weighted by molar-refractivity contribution is 9.09. The van der Waals surface area contributed by atoms with Gasteiger partial charge in [0, 0.05) is 18.3 Å². The van der Waals surface area contributed by atoms with Crippen molar-refractivity contribution in [1.82, 2.24) is 4.90 Å². The molecule has 1 aromatic carbocycles. The van der Waals surface area contributed by atoms with Crippen LogP contribution in [0.5, 0.6) is 0 Å². The number of aliphatic hydroxyl groups excluding tert-OH is 1. The van der Waals surface area contributed by atoms with E-state index in [2.05, 4.69) is 15.9 Å². The number of amides is 1. The Morgan fingerprint density at radius 2 is 2.12 bits per heavy atom. The van der Waals surface area contributed by atoms with Crippen LogP contribution >= 0.6 is 15.9 Å². The lowest BCUT2D eigenvalue weighted by Crippen LogP contribution is -2.32. The van der Waals surface area contributed by atoms with Gasteiger partial charge in [0.05, 0.1) is 12.6 Å². The molecule has 92 valence electrons. The van der Waals surface area contributed by atoms with E-state index >= 15 is 0 Å². The molecule has 0 spiro atoms. The highest BCUT2D eigenvalue weighted by Crippen LogP contribution is 2.29. The van der Waals surface area contributed by atoms with Gasteiger partial charge in [-0.3, -0.25) is 4.79 Å². The van der Waals surface area contributed by atoms with Gasteiger partial charge in [-0.25, -0.2) is 0 Å². The van der Waals surface area contributed by atoms with Crippen molar-refractivity contribution in [2.75, 3.05) is 18.5 Å². The first-order valence-electron chi connectivity index (χ1n) is 5.77. The van der Waals surface area contributed by atoms with E-state index in [1.165, 1.54) is 0 Å². The number of rotatable bonds is 4. The van der Waals surface area contributed by atoms with Gasteiger partial charge >= 0.3 is 0 Å². The van der Waals surface area contributed by atoms with E-state index in [9.17, 15) is 9.90 Å². The van der Waals surface area contributed by atoms with Crippen molar-refractivity contribution >= 4 is 21.8 Å². The Bertz CT molecular complexity index is 382. The second-order valence-corrected chi connectivity index (χ2v) is 5.03. The number of carbonyl (C=O) groups is 1. The fourth-order valence-corrected chi connectivity index (χ4v) is 2.71. The van der Waals surface area contributed by atoms with Gasteiger partial charge in [0.1, 0.15) is 0 Å². The molecule has 1 heterocycles. The number of hydrogen-bond acceptors (Lipinski definition) is 2. The van der Waals surface area contributed by atoms with Crippen molar-refractivity contribution in [1.29, 1.82) is 0 Å². The summed E-state index contributed by atoms with van der Waals surface area (Å²) in [5.41, 5.74) is 0.999. The van der Waals surface area contributed by atoms with Gasteiger partial charge < -0.3 is 10.0 Å². The molecule has 1 aliphatic heterocycles. The van der Waals surface area contributed by atoms with Crippen LogP contribution in [0.25, 0.3) is 0 Å². The smallest absolute Gasteiger partial charge is 0.223 e. The SMILES string of the molecule is O=C1CC(CBr)CN1C(CO)c1ccccc1. The molecule has 1 aliphatic rings. The molecule has 1 amide bonds. The molecule has 4 heteroatoms. The molecule has 0 bridgehead atoms. The predicted molar refractivity (Wildman–Crippen MR) is 69.9 cm³/mol. The van der Waals surface area contributed by atoms with Crippen LogP contribution in [0.15, 0.2) is 30.3 Å². The summed E-state index contributed by atoms with van der Waals surface area (Å²) in [6, 6.07) is 9.50. The number of alkyl halides is 1. The van der Waals surface area contributed by atoms with Crippen LogP contribution in [0.1, 0.15) is 18.0 Å². The Morgan fingerprint density at radius 1 is 1.41 bits per heavy atom. The number of carbonyl (C=O) groups excluding carboxylic acids is 1. The monoisotopic (exact) mass is 297 g/mol. The normalized spacial score (nSPS) is 21.9. The van der Waals surface area contributed by atoms with Crippen molar-refractivity contribution in [3.05, 3.63) is 35.9 Å². The Balaban J connectivity index is 2.17. The summed E-state index contributed by atoms with van der Waals surface area (Å²) < 4.78 is 0. The van der Waals surface area contributed by atoms with Gasteiger partial charge in [-0.05, 0) is 11.5 Å². The fraction of sp³-hybridized carbons (Fsp3) is 0.462. The van der Waals surface area contributed by atoms with Gasteiger partial charge in [0.25, 0.3) is 0 Å². The average Bonchev–Trinajstić information content (AvgIpc) is 2.73. The summed E-state index contributed by atoms with van der Waals surface area (Å²) in [4.78, 5) is 13.7. The second-order valence-electron chi connectivity index (χ2n) is 4.38. The van der Waals surface area contributed by atoms with Gasteiger partial charge in [-0.2, -0.15) is 0 Å². The van der Waals surface area contributed by atoms with Crippen LogP contribution in [0.4, 0.5) is 0 Å². The number of hydrogen-bond donors (Lipinski definition) is 1. The Morgan fingerprint density at radius 3 is 2.65 bits per heavy atom. The minimum Gasteiger partial charge on any atom is -0.394 e. The van der Waals surface area contributed by atoms with Gasteiger partial charge in [-0.1, -0.05) is 46.3 Å². The molecule has 1 fully saturated rings. The molecular formula is C13H16BrNO2. The van der Waals surface area contributed by atoms with Gasteiger partial charge in [0.2, 0.25) is 5.91 Å². The van der Waals surface area contributed by atoms with Gasteiger partial charge in [0.15, 0.2) is 0 Å². The first-order chi connectivity index (χ1) is 8.26. The quantitative estimate of drug-likeness (QED) is 0.863. The zero-order valence-corrected chi connectivity index (χ0v) is 11.1. The first kappa shape index (κ1) is 12.6. The van der Waals surface area contributed by atoms with E-state index in [0.29, 0.717) is 12.3 Å². The van der Waals surface area contributed by atoms with Crippen LogP contribution in [0.2, 0.25) is 0 Å². The number of likely N-dealkylation sites (tertiary alicyclic amines) is 1. The molecule has 2 atom stereocenters. The molecule has 0 aromatic heterocycles. The Hall–Kier alpha value is -0.870. The number of nitrogens with zero attached hydrogens (tertiary/aromatic N) is 1. The van der Waals surface area contributed by atoms with Crippen molar-refractivity contribution < 1.29 is 9.90 Å². The third-order valence-electron chi connectivity index (χ3n) is 3.19. The zero-order valence-electron chi connectivity index (χ0n) is 9.55. The summed E-state index contributed by atoms with van der Waals surface area (Å²) in [7, 11) is 0. The minimum atomic E-state index is -0.201. The van der Waals surface area contributed by atoms with E-state index < -0.39 is 0 Å². The maximum atomic E-state index is 11.9. The molecule has 1 saturated heterocycles. The Labute approximate surface area is 110 Å². The maximum Gasteiger partial charge on any atom is 0.223 e. The standard InChI is InChI=1S/C13H16BrNO2/c14-7-10-6-13(17)15(8-10)12(9-16)11-4-2-1-3-5-11/h1-5,10,12,16H,6-9H2. The van der Waals surface area contributed by atoms with Crippen LogP contribution in [-0.4, -0.2) is 34.4 Å². The van der Waals surface area contributed by atoms with Crippen molar-refractivity contribution in [3.63, 3.8) is 0 Å². The summed E-state index contributed by atoms with van der Waals surface area (Å²) >= 11 is 3.42. The molecular weight excluding hydrogens is 282 g/mol. The highest BCUT2D eigenvalue weighted by atomic mass is 79.9. The molecule has 2 unspecified atom stereocenters. The summed E-state index contributed by atoms with van der Waals surface area (Å²) in [5.74, 6) is 0.498. The van der Waals surface area contributed by atoms with E-state index in [1.807, 2.05) is 30.3 Å². The second kappa shape index (κ2) is 5.65. The van der Waals surface area contributed by atoms with Crippen molar-refractivity contribution in [3.8, 4) is 0 Å². The van der Waals surface area contributed by atoms with E-state index in [0.717, 1.165) is 17.4 Å². The summed E-state index contributed by atoms with van der Waals surface area (Å²) in [6.07, 6.45) is 0.578. The topological polar surface area (TPSA) is 40.5 Å². The lowest BCUT2D eigenvalue weighted by molar-refractivity contribution is -0.130. The highest BCUT2D eigenvalue weighted by Gasteiger charge is 2.33. The maximum absolute atomic E-state index is 11.9. The predicted octanol–water partition coefficient (Wildman–Crippen LogP) is 1.96. The Kier molecular flexibility index (Phi) is 4.18. The van der Waals surface area contributed by atoms with E-state index in [-0.39, 0.29) is 18.6 Å². The molecule has 1 aromatic rings. The molecule has 0 aliphatic carbocycles. The van der Waals surface area contributed by atoms with Crippen LogP contribution in [0, 0.1) is 5.92 Å². The summed E-state index contributed by atoms with van der Waals surface area (Å²) in [6.45, 7) is 0.703. The molecule has 0 saturated carbocycles. The lowest BCUT2D eigenvalue weighted by atomic mass is 10.1. The minimum absolute atomic E-state index is 0.0231. The average molecular weight is 298 g/mol. The number of benzene rings is 1. The third-order valence-corrected chi connectivity index (χ3v) is 4.11. The van der Waals surface area contributed by atoms with Crippen molar-refractivity contribution in [2.45, 2.75) is 12.5 Å². The number of aliphatic hydroxyl groups is 1. The van der Waals surface area contributed by atoms with Crippen molar-refractivity contribution in [2.24, 2.45) is 5.92 Å². The number of halogens is 1. The van der Waals surface area contributed by atoms with Crippen LogP contribution < -0.4 is 0 Å². The first-order valence-corrected chi connectivity index (χ1v) is 6.89. The lowest BCUT2D eigenvalue weighted by Gasteiger charge is -2.26. The van der Waals surface area contributed by atoms with Gasteiger partial charge in [-0.15, -0.1) is 0 Å². The largest absolute Gasteiger partial charge is 0.394 e. The third kappa shape index (κ3) is 2.69. The zero-order chi connectivity index (χ0) is 12.3. The molecule has 0 radical (unpaired) electrons. The fourth-order valence-electron chi connectivity index (χ4n) is 2.27. The summed E-state index contributed by atoms with van der Waals surface area (Å²) in [5, 5.41) is 10.3. The molecule has 3 nitrogen and oxygen atoms in total. The van der Waals surface area contributed by atoms with Crippen LogP contribution in [-0.2, 0) is 4.79 Å². The molecule has 2 rings (SSSR count). The molecule has 17 heavy (non-hydrogen) atoms. The van der Waals surface area contributed by atoms with E-state index in [1.54, 1.807) is 4.90 Å². The van der Waals surface area contributed by atoms with E-state index in [4.69, 9.17) is 0 Å². The van der Waals surface area contributed by atoms with Crippen LogP contribution in [0.3, 0.4) is 0 Å². The molecule has 1 N–H and O–H groups in total.